The lowest BCUT2D eigenvalue weighted by Gasteiger charge is -2.30. The number of hydrogen-bond acceptors (Lipinski definition) is 3. The third kappa shape index (κ3) is 2.38. The number of pyridine rings is 2. The number of hydrogen-bond donors (Lipinski definition) is 1. The highest BCUT2D eigenvalue weighted by Crippen LogP contribution is 2.45. The van der Waals surface area contributed by atoms with E-state index in [1.54, 1.807) is 12.3 Å². The van der Waals surface area contributed by atoms with Gasteiger partial charge in [-0.05, 0) is 46.4 Å². The Morgan fingerprint density at radius 2 is 1.78 bits per heavy atom. The molecule has 1 aromatic carbocycles. The largest absolute Gasteiger partial charge is 0.373 e. The number of benzene rings is 1. The fraction of sp³-hybridized carbons (Fsp3) is 0.0588. The summed E-state index contributed by atoms with van der Waals surface area (Å²) in [6, 6.07) is 11.2. The Kier molecular flexibility index (Phi) is 3.69. The van der Waals surface area contributed by atoms with Gasteiger partial charge in [0.2, 0.25) is 5.95 Å². The number of para-hydroxylation sites is 1. The summed E-state index contributed by atoms with van der Waals surface area (Å²) in [5.74, 6) is -0.500. The minimum Gasteiger partial charge on any atom is -0.373 e. The normalized spacial score (nSPS) is 15.5. The van der Waals surface area contributed by atoms with Gasteiger partial charge in [-0.2, -0.15) is 4.39 Å². The van der Waals surface area contributed by atoms with Crippen LogP contribution in [0.1, 0.15) is 17.2 Å². The Hall–Kier alpha value is -1.73. The van der Waals surface area contributed by atoms with E-state index in [-0.39, 0.29) is 0 Å². The van der Waals surface area contributed by atoms with Crippen molar-refractivity contribution in [3.63, 3.8) is 0 Å². The van der Waals surface area contributed by atoms with Crippen molar-refractivity contribution in [2.24, 2.45) is 0 Å². The quantitative estimate of drug-likeness (QED) is 0.427. The predicted octanol–water partition coefficient (Wildman–Crippen LogP) is 5.06. The van der Waals surface area contributed by atoms with Gasteiger partial charge in [-0.25, -0.2) is 9.97 Å². The van der Waals surface area contributed by atoms with Gasteiger partial charge in [0.1, 0.15) is 5.15 Å². The SMILES string of the molecule is Fc1nccc(I)c1C1Nc2ccccc2-c2ccnc(Cl)c21. The third-order valence-corrected chi connectivity index (χ3v) is 5.17. The molecule has 23 heavy (non-hydrogen) atoms. The summed E-state index contributed by atoms with van der Waals surface area (Å²) >= 11 is 8.48. The molecule has 3 heterocycles. The van der Waals surface area contributed by atoms with E-state index in [4.69, 9.17) is 11.6 Å². The van der Waals surface area contributed by atoms with E-state index in [2.05, 4.69) is 37.9 Å². The highest BCUT2D eigenvalue weighted by Gasteiger charge is 2.31. The molecule has 1 atom stereocenters. The Morgan fingerprint density at radius 1 is 1.00 bits per heavy atom. The van der Waals surface area contributed by atoms with Crippen LogP contribution in [0.15, 0.2) is 48.8 Å². The first-order valence-corrected chi connectivity index (χ1v) is 8.42. The fourth-order valence-corrected chi connectivity index (χ4v) is 3.89. The Bertz CT molecular complexity index is 896. The minimum absolute atomic E-state index is 0.369. The van der Waals surface area contributed by atoms with Crippen LogP contribution in [0.3, 0.4) is 0 Å². The van der Waals surface area contributed by atoms with Crippen LogP contribution >= 0.6 is 34.2 Å². The van der Waals surface area contributed by atoms with Crippen LogP contribution in [0.5, 0.6) is 0 Å². The van der Waals surface area contributed by atoms with Crippen LogP contribution in [0.4, 0.5) is 10.1 Å². The van der Waals surface area contributed by atoms with Crippen LogP contribution in [0.25, 0.3) is 11.1 Å². The van der Waals surface area contributed by atoms with Crippen molar-refractivity contribution in [2.45, 2.75) is 6.04 Å². The van der Waals surface area contributed by atoms with E-state index in [0.717, 1.165) is 25.9 Å². The molecule has 0 saturated carbocycles. The van der Waals surface area contributed by atoms with E-state index in [1.807, 2.05) is 30.3 Å². The van der Waals surface area contributed by atoms with Crippen LogP contribution in [0, 0.1) is 9.52 Å². The van der Waals surface area contributed by atoms with Crippen molar-refractivity contribution < 1.29 is 4.39 Å². The second-order valence-corrected chi connectivity index (χ2v) is 6.70. The number of nitrogens with zero attached hydrogens (tertiary/aromatic N) is 2. The van der Waals surface area contributed by atoms with Crippen molar-refractivity contribution >= 4 is 39.9 Å². The molecular formula is C17H10ClFIN3. The van der Waals surface area contributed by atoms with E-state index >= 15 is 0 Å². The molecule has 114 valence electrons. The predicted molar refractivity (Wildman–Crippen MR) is 97.1 cm³/mol. The van der Waals surface area contributed by atoms with Crippen LogP contribution < -0.4 is 5.32 Å². The van der Waals surface area contributed by atoms with Gasteiger partial charge >= 0.3 is 0 Å². The molecule has 0 saturated heterocycles. The average molecular weight is 438 g/mol. The first kappa shape index (κ1) is 14.8. The van der Waals surface area contributed by atoms with E-state index in [0.29, 0.717) is 10.7 Å². The van der Waals surface area contributed by atoms with E-state index < -0.39 is 12.0 Å². The number of halogens is 3. The summed E-state index contributed by atoms with van der Waals surface area (Å²) in [6.07, 6.45) is 3.13. The van der Waals surface area contributed by atoms with Gasteiger partial charge in [0.25, 0.3) is 0 Å². The number of nitrogens with one attached hydrogen (secondary N) is 1. The molecule has 0 fully saturated rings. The maximum Gasteiger partial charge on any atom is 0.219 e. The lowest BCUT2D eigenvalue weighted by atomic mass is 9.88. The lowest BCUT2D eigenvalue weighted by molar-refractivity contribution is 0.559. The Labute approximate surface area is 151 Å². The van der Waals surface area contributed by atoms with Gasteiger partial charge in [0.05, 0.1) is 6.04 Å². The zero-order valence-electron chi connectivity index (χ0n) is 11.7. The molecule has 2 aromatic heterocycles. The standard InChI is InChI=1S/C17H10ClFIN3/c18-16-13-10(5-7-21-16)9-3-1-2-4-12(9)23-15(13)14-11(20)6-8-22-17(14)19/h1-8,15,23H. The van der Waals surface area contributed by atoms with E-state index in [9.17, 15) is 4.39 Å². The summed E-state index contributed by atoms with van der Waals surface area (Å²) in [5.41, 5.74) is 4.19. The Morgan fingerprint density at radius 3 is 2.61 bits per heavy atom. The number of anilines is 1. The molecule has 4 rings (SSSR count). The van der Waals surface area contributed by atoms with Crippen molar-refractivity contribution in [3.05, 3.63) is 74.6 Å². The van der Waals surface area contributed by atoms with Gasteiger partial charge in [-0.1, -0.05) is 29.8 Å². The van der Waals surface area contributed by atoms with Gasteiger partial charge in [-0.15, -0.1) is 0 Å². The molecule has 0 bridgehead atoms. The van der Waals surface area contributed by atoms with Gasteiger partial charge in [-0.3, -0.25) is 0 Å². The van der Waals surface area contributed by atoms with Crippen LogP contribution in [-0.4, -0.2) is 9.97 Å². The molecular weight excluding hydrogens is 428 g/mol. The molecule has 1 N–H and O–H groups in total. The summed E-state index contributed by atoms with van der Waals surface area (Å²) in [6.45, 7) is 0. The zero-order chi connectivity index (χ0) is 16.0. The Balaban J connectivity index is 2.02. The zero-order valence-corrected chi connectivity index (χ0v) is 14.6. The summed E-state index contributed by atoms with van der Waals surface area (Å²) in [5, 5.41) is 3.75. The molecule has 1 aliphatic heterocycles. The van der Waals surface area contributed by atoms with Crippen molar-refractivity contribution in [3.8, 4) is 11.1 Å². The molecule has 0 spiro atoms. The lowest BCUT2D eigenvalue weighted by Crippen LogP contribution is -2.21. The monoisotopic (exact) mass is 437 g/mol. The molecule has 6 heteroatoms. The van der Waals surface area contributed by atoms with Gasteiger partial charge in [0.15, 0.2) is 0 Å². The first-order valence-electron chi connectivity index (χ1n) is 6.97. The molecule has 0 amide bonds. The van der Waals surface area contributed by atoms with E-state index in [1.165, 1.54) is 6.20 Å². The second kappa shape index (κ2) is 5.72. The third-order valence-electron chi connectivity index (χ3n) is 3.92. The van der Waals surface area contributed by atoms with Gasteiger partial charge in [0, 0.05) is 38.3 Å². The highest BCUT2D eigenvalue weighted by atomic mass is 127. The van der Waals surface area contributed by atoms with Crippen molar-refractivity contribution in [1.29, 1.82) is 0 Å². The van der Waals surface area contributed by atoms with Gasteiger partial charge < -0.3 is 5.32 Å². The first-order chi connectivity index (χ1) is 11.2. The summed E-state index contributed by atoms with van der Waals surface area (Å²) in [4.78, 5) is 7.98. The fourth-order valence-electron chi connectivity index (χ4n) is 2.93. The molecule has 1 unspecified atom stereocenters. The summed E-state index contributed by atoms with van der Waals surface area (Å²) in [7, 11) is 0. The molecule has 0 radical (unpaired) electrons. The summed E-state index contributed by atoms with van der Waals surface area (Å²) < 4.78 is 15.2. The maximum absolute atomic E-state index is 14.4. The minimum atomic E-state index is -0.500. The number of fused-ring (bicyclic) bond motifs is 3. The molecule has 3 nitrogen and oxygen atoms in total. The van der Waals surface area contributed by atoms with Crippen molar-refractivity contribution in [1.82, 2.24) is 9.97 Å². The van der Waals surface area contributed by atoms with Crippen LogP contribution in [0.2, 0.25) is 5.15 Å². The van der Waals surface area contributed by atoms with Crippen molar-refractivity contribution in [2.75, 3.05) is 5.32 Å². The number of aromatic nitrogens is 2. The highest BCUT2D eigenvalue weighted by molar-refractivity contribution is 14.1. The molecule has 1 aliphatic rings. The molecule has 3 aromatic rings. The average Bonchev–Trinajstić information content (AvgIpc) is 2.55. The number of rotatable bonds is 1. The molecule has 0 aliphatic carbocycles. The van der Waals surface area contributed by atoms with Crippen LogP contribution in [-0.2, 0) is 0 Å². The smallest absolute Gasteiger partial charge is 0.219 e. The second-order valence-electron chi connectivity index (χ2n) is 5.18. The topological polar surface area (TPSA) is 37.8 Å². The maximum atomic E-state index is 14.4.